The maximum Gasteiger partial charge on any atom is 0.337 e. The molecule has 0 fully saturated rings. The number of hydrogen-bond donors (Lipinski definition) is 2. The highest BCUT2D eigenvalue weighted by Crippen LogP contribution is 2.31. The van der Waals surface area contributed by atoms with Gasteiger partial charge in [-0.25, -0.2) is 4.79 Å². The molecule has 2 aromatic rings. The van der Waals surface area contributed by atoms with Crippen molar-refractivity contribution in [2.75, 3.05) is 10.6 Å². The van der Waals surface area contributed by atoms with Gasteiger partial charge in [-0.2, -0.15) is 0 Å². The molecule has 1 aliphatic rings. The Morgan fingerprint density at radius 2 is 1.74 bits per heavy atom. The molecule has 0 spiro atoms. The van der Waals surface area contributed by atoms with E-state index in [1.807, 2.05) is 17.0 Å². The summed E-state index contributed by atoms with van der Waals surface area (Å²) < 4.78 is 0. The van der Waals surface area contributed by atoms with Crippen LogP contribution in [0.15, 0.2) is 42.5 Å². The number of nitrogen functional groups attached to an aromatic ring is 1. The van der Waals surface area contributed by atoms with Crippen LogP contribution in [0.5, 0.6) is 0 Å². The number of fused-ring (bicyclic) bond motifs is 1. The van der Waals surface area contributed by atoms with Gasteiger partial charge in [0, 0.05) is 18.8 Å². The zero-order valence-electron chi connectivity index (χ0n) is 10.3. The Labute approximate surface area is 111 Å². The summed E-state index contributed by atoms with van der Waals surface area (Å²) in [7, 11) is 0. The lowest BCUT2D eigenvalue weighted by molar-refractivity contribution is 0.0697. The summed E-state index contributed by atoms with van der Waals surface area (Å²) in [6, 6.07) is 13.1. The minimum atomic E-state index is -0.925. The van der Waals surface area contributed by atoms with Gasteiger partial charge in [0.05, 0.1) is 11.3 Å². The summed E-state index contributed by atoms with van der Waals surface area (Å²) in [5.74, 6) is -0.925. The highest BCUT2D eigenvalue weighted by atomic mass is 16.4. The molecule has 19 heavy (non-hydrogen) atoms. The van der Waals surface area contributed by atoms with Crippen LogP contribution in [0.25, 0.3) is 0 Å². The second-order valence-electron chi connectivity index (χ2n) is 4.71. The predicted octanol–water partition coefficient (Wildman–Crippen LogP) is 2.49. The van der Waals surface area contributed by atoms with Crippen molar-refractivity contribution in [2.24, 2.45) is 0 Å². The molecular weight excluding hydrogens is 240 g/mol. The lowest BCUT2D eigenvalue weighted by Crippen LogP contribution is -2.18. The number of aromatic carboxylic acids is 1. The van der Waals surface area contributed by atoms with Crippen LogP contribution in [0, 0.1) is 0 Å². The topological polar surface area (TPSA) is 66.6 Å². The van der Waals surface area contributed by atoms with Gasteiger partial charge in [-0.05, 0) is 29.3 Å². The normalized spacial score (nSPS) is 13.4. The number of nitrogens with two attached hydrogens (primary N) is 1. The summed E-state index contributed by atoms with van der Waals surface area (Å²) >= 11 is 0. The quantitative estimate of drug-likeness (QED) is 0.808. The molecule has 0 saturated heterocycles. The first-order valence-corrected chi connectivity index (χ1v) is 6.09. The van der Waals surface area contributed by atoms with Gasteiger partial charge in [0.2, 0.25) is 0 Å². The van der Waals surface area contributed by atoms with Crippen molar-refractivity contribution in [3.63, 3.8) is 0 Å². The molecule has 3 N–H and O–H groups in total. The molecule has 2 aromatic carbocycles. The number of rotatable bonds is 2. The molecule has 4 nitrogen and oxygen atoms in total. The maximum atomic E-state index is 11.3. The molecule has 1 aliphatic heterocycles. The Bertz CT molecular complexity index is 627. The third kappa shape index (κ3) is 2.01. The highest BCUT2D eigenvalue weighted by Gasteiger charge is 2.22. The third-order valence-electron chi connectivity index (χ3n) is 3.43. The van der Waals surface area contributed by atoms with Crippen LogP contribution in [-0.2, 0) is 13.1 Å². The molecule has 0 amide bonds. The van der Waals surface area contributed by atoms with Gasteiger partial charge in [0.15, 0.2) is 0 Å². The van der Waals surface area contributed by atoms with E-state index in [-0.39, 0.29) is 0 Å². The average molecular weight is 254 g/mol. The zero-order chi connectivity index (χ0) is 13.4. The molecule has 0 bridgehead atoms. The monoisotopic (exact) mass is 254 g/mol. The summed E-state index contributed by atoms with van der Waals surface area (Å²) in [6.07, 6.45) is 0. The van der Waals surface area contributed by atoms with E-state index in [0.29, 0.717) is 16.9 Å². The Morgan fingerprint density at radius 1 is 1.11 bits per heavy atom. The van der Waals surface area contributed by atoms with Crippen molar-refractivity contribution in [3.8, 4) is 0 Å². The Kier molecular flexibility index (Phi) is 2.63. The van der Waals surface area contributed by atoms with E-state index >= 15 is 0 Å². The first-order chi connectivity index (χ1) is 9.15. The van der Waals surface area contributed by atoms with E-state index in [0.717, 1.165) is 13.1 Å². The second-order valence-corrected chi connectivity index (χ2v) is 4.71. The summed E-state index contributed by atoms with van der Waals surface area (Å²) in [5.41, 5.74) is 9.81. The van der Waals surface area contributed by atoms with Crippen LogP contribution in [0.1, 0.15) is 21.5 Å². The van der Waals surface area contributed by atoms with Crippen LogP contribution < -0.4 is 10.6 Å². The Balaban J connectivity index is 2.01. The van der Waals surface area contributed by atoms with Gasteiger partial charge in [-0.15, -0.1) is 0 Å². The van der Waals surface area contributed by atoms with Crippen LogP contribution in [-0.4, -0.2) is 11.1 Å². The lowest BCUT2D eigenvalue weighted by atomic mass is 10.1. The molecule has 96 valence electrons. The van der Waals surface area contributed by atoms with Crippen molar-refractivity contribution in [1.82, 2.24) is 0 Å². The van der Waals surface area contributed by atoms with Gasteiger partial charge in [0.25, 0.3) is 0 Å². The van der Waals surface area contributed by atoms with Crippen LogP contribution in [0.3, 0.4) is 0 Å². The summed E-state index contributed by atoms with van der Waals surface area (Å²) in [5, 5.41) is 9.27. The van der Waals surface area contributed by atoms with Crippen molar-refractivity contribution < 1.29 is 9.90 Å². The van der Waals surface area contributed by atoms with E-state index < -0.39 is 5.97 Å². The number of carboxylic acids is 1. The van der Waals surface area contributed by atoms with E-state index in [2.05, 4.69) is 12.1 Å². The minimum Gasteiger partial charge on any atom is -0.478 e. The van der Waals surface area contributed by atoms with E-state index in [1.165, 1.54) is 11.1 Å². The predicted molar refractivity (Wildman–Crippen MR) is 74.1 cm³/mol. The first-order valence-electron chi connectivity index (χ1n) is 6.09. The fourth-order valence-electron chi connectivity index (χ4n) is 2.49. The smallest absolute Gasteiger partial charge is 0.337 e. The molecule has 1 heterocycles. The fourth-order valence-corrected chi connectivity index (χ4v) is 2.49. The van der Waals surface area contributed by atoms with Crippen LogP contribution in [0.4, 0.5) is 11.4 Å². The number of carbonyl (C=O) groups is 1. The molecule has 0 atom stereocenters. The van der Waals surface area contributed by atoms with E-state index in [1.54, 1.807) is 18.2 Å². The summed E-state index contributed by atoms with van der Waals surface area (Å²) in [4.78, 5) is 13.3. The largest absolute Gasteiger partial charge is 0.478 e. The molecule has 0 saturated carbocycles. The van der Waals surface area contributed by atoms with Crippen molar-refractivity contribution in [2.45, 2.75) is 13.1 Å². The molecule has 0 unspecified atom stereocenters. The van der Waals surface area contributed by atoms with Gasteiger partial charge in [-0.1, -0.05) is 24.3 Å². The number of benzene rings is 2. The summed E-state index contributed by atoms with van der Waals surface area (Å²) in [6.45, 7) is 1.44. The third-order valence-corrected chi connectivity index (χ3v) is 3.43. The number of anilines is 2. The van der Waals surface area contributed by atoms with Crippen LogP contribution in [0.2, 0.25) is 0 Å². The van der Waals surface area contributed by atoms with Crippen molar-refractivity contribution in [3.05, 3.63) is 59.2 Å². The maximum absolute atomic E-state index is 11.3. The zero-order valence-corrected chi connectivity index (χ0v) is 10.3. The number of nitrogens with zero attached hydrogens (tertiary/aromatic N) is 1. The van der Waals surface area contributed by atoms with Crippen molar-refractivity contribution >= 4 is 17.3 Å². The molecule has 0 radical (unpaired) electrons. The second kappa shape index (κ2) is 4.31. The van der Waals surface area contributed by atoms with E-state index in [4.69, 9.17) is 5.73 Å². The molecule has 3 rings (SSSR count). The highest BCUT2D eigenvalue weighted by molar-refractivity contribution is 5.95. The SMILES string of the molecule is Nc1ccc(C(=O)O)c(N2Cc3ccccc3C2)c1. The van der Waals surface area contributed by atoms with E-state index in [9.17, 15) is 9.90 Å². The van der Waals surface area contributed by atoms with Crippen molar-refractivity contribution in [1.29, 1.82) is 0 Å². The molecule has 4 heteroatoms. The van der Waals surface area contributed by atoms with Gasteiger partial charge in [-0.3, -0.25) is 0 Å². The number of carboxylic acid groups (broad SMARTS) is 1. The molecule has 0 aromatic heterocycles. The Hall–Kier alpha value is -2.49. The fraction of sp³-hybridized carbons (Fsp3) is 0.133. The average Bonchev–Trinajstić information content (AvgIpc) is 2.81. The number of hydrogen-bond acceptors (Lipinski definition) is 3. The van der Waals surface area contributed by atoms with Gasteiger partial charge in [0.1, 0.15) is 0 Å². The molecule has 0 aliphatic carbocycles. The standard InChI is InChI=1S/C15H14N2O2/c16-12-5-6-13(15(18)19)14(7-12)17-8-10-3-1-2-4-11(10)9-17/h1-7H,8-9,16H2,(H,18,19). The van der Waals surface area contributed by atoms with Gasteiger partial charge >= 0.3 is 5.97 Å². The lowest BCUT2D eigenvalue weighted by Gasteiger charge is -2.20. The first kappa shape index (κ1) is 11.6. The molecular formula is C15H14N2O2. The van der Waals surface area contributed by atoms with Crippen LogP contribution >= 0.6 is 0 Å². The van der Waals surface area contributed by atoms with Gasteiger partial charge < -0.3 is 15.7 Å². The Morgan fingerprint density at radius 3 is 2.32 bits per heavy atom. The minimum absolute atomic E-state index is 0.294.